The first-order valence-corrected chi connectivity index (χ1v) is 6.23. The Morgan fingerprint density at radius 1 is 1.47 bits per heavy atom. The van der Waals surface area contributed by atoms with Gasteiger partial charge in [-0.2, -0.15) is 5.10 Å². The molecule has 0 saturated heterocycles. The zero-order chi connectivity index (χ0) is 13.8. The first-order chi connectivity index (χ1) is 9.06. The number of nitrogen functional groups attached to an aromatic ring is 1. The third-order valence-corrected chi connectivity index (χ3v) is 3.28. The molecule has 4 N–H and O–H groups in total. The molecule has 1 aromatic carbocycles. The molecule has 1 heterocycles. The minimum atomic E-state index is -0.346. The van der Waals surface area contributed by atoms with E-state index in [0.29, 0.717) is 15.7 Å². The molecule has 0 aliphatic rings. The average Bonchev–Trinajstić information content (AvgIpc) is 2.71. The molecule has 0 aliphatic heterocycles. The van der Waals surface area contributed by atoms with E-state index in [9.17, 15) is 4.79 Å². The molecule has 0 fully saturated rings. The van der Waals surface area contributed by atoms with E-state index in [-0.39, 0.29) is 11.7 Å². The molecule has 1 amide bonds. The van der Waals surface area contributed by atoms with Crippen LogP contribution in [0.25, 0.3) is 0 Å². The van der Waals surface area contributed by atoms with E-state index in [2.05, 4.69) is 15.5 Å². The predicted molar refractivity (Wildman–Crippen MR) is 74.4 cm³/mol. The second kappa shape index (κ2) is 5.49. The fourth-order valence-electron chi connectivity index (χ4n) is 1.40. The second-order valence-electron chi connectivity index (χ2n) is 3.76. The van der Waals surface area contributed by atoms with E-state index in [4.69, 9.17) is 10.8 Å². The van der Waals surface area contributed by atoms with Crippen LogP contribution < -0.4 is 11.2 Å². The number of carbonyl (C=O) groups is 1. The van der Waals surface area contributed by atoms with Crippen molar-refractivity contribution in [3.63, 3.8) is 0 Å². The Morgan fingerprint density at radius 3 is 2.74 bits per heavy atom. The third-order valence-electron chi connectivity index (χ3n) is 2.29. The number of aromatic nitrogens is 1. The Labute approximate surface area is 113 Å². The Kier molecular flexibility index (Phi) is 3.76. The number of amides is 1. The van der Waals surface area contributed by atoms with Crippen molar-refractivity contribution < 1.29 is 9.90 Å². The van der Waals surface area contributed by atoms with E-state index in [1.165, 1.54) is 18.3 Å². The van der Waals surface area contributed by atoms with Crippen LogP contribution in [0.2, 0.25) is 0 Å². The summed E-state index contributed by atoms with van der Waals surface area (Å²) in [5.74, 6) is -0.168. The number of anilines is 1. The fraction of sp³-hybridized carbons (Fsp3) is 0.0833. The Morgan fingerprint density at radius 2 is 2.16 bits per heavy atom. The number of nitrogens with zero attached hydrogens (tertiary/aromatic N) is 2. The third kappa shape index (κ3) is 3.29. The Balaban J connectivity index is 2.00. The van der Waals surface area contributed by atoms with Crippen molar-refractivity contribution in [1.29, 1.82) is 0 Å². The van der Waals surface area contributed by atoms with Gasteiger partial charge in [0.05, 0.1) is 11.9 Å². The Bertz CT molecular complexity index is 619. The maximum Gasteiger partial charge on any atom is 0.283 e. The van der Waals surface area contributed by atoms with Gasteiger partial charge in [0.2, 0.25) is 0 Å². The lowest BCUT2D eigenvalue weighted by atomic mass is 10.2. The minimum Gasteiger partial charge on any atom is -0.508 e. The lowest BCUT2D eigenvalue weighted by molar-refractivity contribution is 0.0958. The van der Waals surface area contributed by atoms with E-state index in [1.807, 2.05) is 0 Å². The number of nitrogens with one attached hydrogen (secondary N) is 1. The fourth-order valence-corrected chi connectivity index (χ4v) is 2.13. The van der Waals surface area contributed by atoms with Crippen LogP contribution >= 0.6 is 11.3 Å². The molecule has 0 spiro atoms. The number of thiazole rings is 1. The molecule has 0 bridgehead atoms. The van der Waals surface area contributed by atoms with Crippen molar-refractivity contribution in [1.82, 2.24) is 10.4 Å². The van der Waals surface area contributed by atoms with Crippen LogP contribution in [0, 0.1) is 6.92 Å². The zero-order valence-corrected chi connectivity index (χ0v) is 10.9. The lowest BCUT2D eigenvalue weighted by Crippen LogP contribution is -2.17. The smallest absolute Gasteiger partial charge is 0.283 e. The molecule has 6 nitrogen and oxygen atoms in total. The predicted octanol–water partition coefficient (Wildman–Crippen LogP) is 1.50. The van der Waals surface area contributed by atoms with Crippen LogP contribution in [0.15, 0.2) is 29.4 Å². The van der Waals surface area contributed by atoms with Crippen LogP contribution in [0.5, 0.6) is 5.75 Å². The van der Waals surface area contributed by atoms with Crippen LogP contribution in [-0.2, 0) is 0 Å². The highest BCUT2D eigenvalue weighted by Crippen LogP contribution is 2.19. The number of nitrogens with two attached hydrogens (primary N) is 1. The quantitative estimate of drug-likeness (QED) is 0.584. The number of hydrogen-bond donors (Lipinski definition) is 3. The highest BCUT2D eigenvalue weighted by molar-refractivity contribution is 7.17. The number of carbonyl (C=O) groups excluding carboxylic acids is 1. The summed E-state index contributed by atoms with van der Waals surface area (Å²) in [6, 6.07) is 6.44. The molecule has 0 atom stereocenters. The molecule has 0 radical (unpaired) electrons. The molecule has 2 aromatic rings. The first kappa shape index (κ1) is 13.0. The molecule has 0 saturated carbocycles. The van der Waals surface area contributed by atoms with Crippen molar-refractivity contribution >= 4 is 28.6 Å². The topological polar surface area (TPSA) is 101 Å². The van der Waals surface area contributed by atoms with Crippen molar-refractivity contribution in [2.45, 2.75) is 6.92 Å². The van der Waals surface area contributed by atoms with Crippen molar-refractivity contribution in [3.05, 3.63) is 40.4 Å². The van der Waals surface area contributed by atoms with Gasteiger partial charge >= 0.3 is 0 Å². The summed E-state index contributed by atoms with van der Waals surface area (Å²) < 4.78 is 0. The summed E-state index contributed by atoms with van der Waals surface area (Å²) in [6.07, 6.45) is 1.48. The van der Waals surface area contributed by atoms with Gasteiger partial charge in [0.25, 0.3) is 5.91 Å². The maximum absolute atomic E-state index is 11.8. The zero-order valence-electron chi connectivity index (χ0n) is 10.1. The summed E-state index contributed by atoms with van der Waals surface area (Å²) >= 11 is 1.12. The van der Waals surface area contributed by atoms with Gasteiger partial charge in [0, 0.05) is 0 Å². The second-order valence-corrected chi connectivity index (χ2v) is 4.79. The highest BCUT2D eigenvalue weighted by Gasteiger charge is 2.12. The van der Waals surface area contributed by atoms with Crippen molar-refractivity contribution in [2.75, 3.05) is 5.73 Å². The molecule has 2 rings (SSSR count). The summed E-state index contributed by atoms with van der Waals surface area (Å²) in [5, 5.41) is 13.3. The van der Waals surface area contributed by atoms with Gasteiger partial charge in [0.15, 0.2) is 5.13 Å². The first-order valence-electron chi connectivity index (χ1n) is 5.41. The van der Waals surface area contributed by atoms with E-state index < -0.39 is 0 Å². The number of benzene rings is 1. The monoisotopic (exact) mass is 276 g/mol. The van der Waals surface area contributed by atoms with E-state index >= 15 is 0 Å². The lowest BCUT2D eigenvalue weighted by Gasteiger charge is -1.97. The van der Waals surface area contributed by atoms with Gasteiger partial charge < -0.3 is 10.8 Å². The molecule has 1 aromatic heterocycles. The molecule has 0 unspecified atom stereocenters. The average molecular weight is 276 g/mol. The summed E-state index contributed by atoms with van der Waals surface area (Å²) in [4.78, 5) is 16.2. The number of aryl methyl sites for hydroxylation is 1. The van der Waals surface area contributed by atoms with Gasteiger partial charge in [-0.05, 0) is 36.8 Å². The molecule has 0 aliphatic carbocycles. The number of rotatable bonds is 3. The molecule has 98 valence electrons. The SMILES string of the molecule is Cc1nc(N)sc1C(=O)NN=Cc1ccc(O)cc1. The molecular formula is C12H12N4O2S. The molecular weight excluding hydrogens is 264 g/mol. The van der Waals surface area contributed by atoms with Crippen LogP contribution in [0.1, 0.15) is 20.9 Å². The van der Waals surface area contributed by atoms with Crippen molar-refractivity contribution in [2.24, 2.45) is 5.10 Å². The summed E-state index contributed by atoms with van der Waals surface area (Å²) in [6.45, 7) is 1.71. The van der Waals surface area contributed by atoms with Gasteiger partial charge in [-0.25, -0.2) is 10.4 Å². The number of aromatic hydroxyl groups is 1. The van der Waals surface area contributed by atoms with Crippen molar-refractivity contribution in [3.8, 4) is 5.75 Å². The van der Waals surface area contributed by atoms with E-state index in [1.54, 1.807) is 19.1 Å². The standard InChI is InChI=1S/C12H12N4O2S/c1-7-10(19-12(13)15-7)11(18)16-14-6-8-2-4-9(17)5-3-8/h2-6,17H,1H3,(H2,13,15)(H,16,18). The summed E-state index contributed by atoms with van der Waals surface area (Å²) in [7, 11) is 0. The van der Waals surface area contributed by atoms with Crippen LogP contribution in [-0.4, -0.2) is 22.2 Å². The van der Waals surface area contributed by atoms with Gasteiger partial charge in [-0.3, -0.25) is 4.79 Å². The number of phenols is 1. The highest BCUT2D eigenvalue weighted by atomic mass is 32.1. The Hall–Kier alpha value is -2.41. The number of hydrogen-bond acceptors (Lipinski definition) is 6. The van der Waals surface area contributed by atoms with Gasteiger partial charge in [0.1, 0.15) is 10.6 Å². The maximum atomic E-state index is 11.8. The molecule has 7 heteroatoms. The number of phenolic OH excluding ortho intramolecular Hbond substituents is 1. The number of hydrazone groups is 1. The normalized spacial score (nSPS) is 10.8. The van der Waals surface area contributed by atoms with Crippen LogP contribution in [0.4, 0.5) is 5.13 Å². The largest absolute Gasteiger partial charge is 0.508 e. The minimum absolute atomic E-state index is 0.178. The van der Waals surface area contributed by atoms with E-state index in [0.717, 1.165) is 16.9 Å². The van der Waals surface area contributed by atoms with Crippen LogP contribution in [0.3, 0.4) is 0 Å². The van der Waals surface area contributed by atoms with Gasteiger partial charge in [-0.1, -0.05) is 11.3 Å². The molecule has 19 heavy (non-hydrogen) atoms. The summed E-state index contributed by atoms with van der Waals surface area (Å²) in [5.41, 5.74) is 9.26. The van der Waals surface area contributed by atoms with Gasteiger partial charge in [-0.15, -0.1) is 0 Å².